The number of rotatable bonds is 5. The number of hydrogen-bond acceptors (Lipinski definition) is 8. The van der Waals surface area contributed by atoms with Crippen molar-refractivity contribution >= 4 is 22.9 Å². The van der Waals surface area contributed by atoms with Crippen molar-refractivity contribution in [2.24, 2.45) is 0 Å². The predicted molar refractivity (Wildman–Crippen MR) is 81.5 cm³/mol. The van der Waals surface area contributed by atoms with Crippen LogP contribution in [0.1, 0.15) is 0 Å². The molecule has 124 valence electrons. The van der Waals surface area contributed by atoms with Crippen molar-refractivity contribution in [1.29, 1.82) is 0 Å². The van der Waals surface area contributed by atoms with Crippen LogP contribution in [-0.4, -0.2) is 46.0 Å². The number of hydrogen-bond donors (Lipinski definition) is 2. The zero-order chi connectivity index (χ0) is 17.1. The first-order valence-electron chi connectivity index (χ1n) is 6.95. The number of fused-ring (bicyclic) bond motifs is 1. The molecule has 0 saturated heterocycles. The smallest absolute Gasteiger partial charge is 0.330 e. The van der Waals surface area contributed by atoms with Gasteiger partial charge in [-0.3, -0.25) is 0 Å². The minimum atomic E-state index is -1.01. The number of methoxy groups -OCH3 is 1. The molecular weight excluding hydrogens is 319 g/mol. The minimum Gasteiger partial charge on any atom is -0.467 e. The number of carbonyl (C=O) groups excluding carboxylic acids is 1. The van der Waals surface area contributed by atoms with Gasteiger partial charge in [-0.2, -0.15) is 4.98 Å². The molecule has 1 atom stereocenters. The van der Waals surface area contributed by atoms with Crippen LogP contribution >= 0.6 is 0 Å². The highest BCUT2D eigenvalue weighted by Gasteiger charge is 2.23. The standard InChI is InChI=1S/C15H13FN4O4/c1-23-15(22)10(6-21)19-13-11-12(8-2-4-9(16)5-3-8)20-24-14(11)18-7-17-13/h2-5,7,10,21H,6H2,1H3,(H,17,18,19)/t10-/m1/s1. The molecule has 0 bridgehead atoms. The highest BCUT2D eigenvalue weighted by Crippen LogP contribution is 2.31. The Bertz CT molecular complexity index is 866. The predicted octanol–water partition coefficient (Wildman–Crippen LogP) is 1.37. The summed E-state index contributed by atoms with van der Waals surface area (Å²) in [4.78, 5) is 19.7. The number of benzene rings is 1. The number of anilines is 1. The lowest BCUT2D eigenvalue weighted by Crippen LogP contribution is -2.34. The van der Waals surface area contributed by atoms with Crippen LogP contribution in [0.4, 0.5) is 10.2 Å². The molecule has 3 aromatic rings. The highest BCUT2D eigenvalue weighted by molar-refractivity contribution is 5.98. The molecule has 0 radical (unpaired) electrons. The van der Waals surface area contributed by atoms with Gasteiger partial charge in [0.25, 0.3) is 5.71 Å². The zero-order valence-electron chi connectivity index (χ0n) is 12.6. The van der Waals surface area contributed by atoms with Crippen molar-refractivity contribution in [2.45, 2.75) is 6.04 Å². The molecule has 24 heavy (non-hydrogen) atoms. The van der Waals surface area contributed by atoms with Gasteiger partial charge in [-0.05, 0) is 24.3 Å². The summed E-state index contributed by atoms with van der Waals surface area (Å²) < 4.78 is 22.9. The van der Waals surface area contributed by atoms with Crippen molar-refractivity contribution in [3.05, 3.63) is 36.4 Å². The molecule has 1 aromatic carbocycles. The van der Waals surface area contributed by atoms with Crippen LogP contribution in [-0.2, 0) is 9.53 Å². The lowest BCUT2D eigenvalue weighted by molar-refractivity contribution is -0.142. The number of aromatic nitrogens is 3. The maximum absolute atomic E-state index is 13.1. The Hall–Kier alpha value is -3.07. The van der Waals surface area contributed by atoms with Crippen LogP contribution in [0.2, 0.25) is 0 Å². The van der Waals surface area contributed by atoms with Gasteiger partial charge >= 0.3 is 5.97 Å². The van der Waals surface area contributed by atoms with Gasteiger partial charge in [-0.25, -0.2) is 14.2 Å². The van der Waals surface area contributed by atoms with E-state index in [0.717, 1.165) is 0 Å². The first-order chi connectivity index (χ1) is 11.6. The lowest BCUT2D eigenvalue weighted by atomic mass is 10.1. The van der Waals surface area contributed by atoms with E-state index in [1.54, 1.807) is 0 Å². The number of aliphatic hydroxyl groups excluding tert-OH is 1. The maximum Gasteiger partial charge on any atom is 0.330 e. The number of aliphatic hydroxyl groups is 1. The fourth-order valence-corrected chi connectivity index (χ4v) is 2.19. The van der Waals surface area contributed by atoms with Crippen molar-refractivity contribution in [3.8, 4) is 11.3 Å². The van der Waals surface area contributed by atoms with Gasteiger partial charge in [0.05, 0.1) is 13.7 Å². The number of esters is 1. The third-order valence-corrected chi connectivity index (χ3v) is 3.37. The number of ether oxygens (including phenoxy) is 1. The summed E-state index contributed by atoms with van der Waals surface area (Å²) in [5, 5.41) is 16.5. The maximum atomic E-state index is 13.1. The number of nitrogens with one attached hydrogen (secondary N) is 1. The summed E-state index contributed by atoms with van der Waals surface area (Å²) >= 11 is 0. The molecular formula is C15H13FN4O4. The fourth-order valence-electron chi connectivity index (χ4n) is 2.19. The molecule has 0 saturated carbocycles. The summed E-state index contributed by atoms with van der Waals surface area (Å²) in [6, 6.07) is 4.64. The quantitative estimate of drug-likeness (QED) is 0.674. The molecule has 3 rings (SSSR count). The zero-order valence-corrected chi connectivity index (χ0v) is 12.6. The van der Waals surface area contributed by atoms with E-state index >= 15 is 0 Å². The Labute approximate surface area is 135 Å². The average molecular weight is 332 g/mol. The van der Waals surface area contributed by atoms with E-state index in [-0.39, 0.29) is 17.3 Å². The molecule has 0 fully saturated rings. The third-order valence-electron chi connectivity index (χ3n) is 3.37. The fraction of sp³-hybridized carbons (Fsp3) is 0.200. The summed E-state index contributed by atoms with van der Waals surface area (Å²) in [6.07, 6.45) is 1.23. The first-order valence-corrected chi connectivity index (χ1v) is 6.95. The molecule has 2 N–H and O–H groups in total. The van der Waals surface area contributed by atoms with E-state index in [1.807, 2.05) is 0 Å². The molecule has 9 heteroatoms. The summed E-state index contributed by atoms with van der Waals surface area (Å²) in [7, 11) is 1.21. The first kappa shape index (κ1) is 15.8. The monoisotopic (exact) mass is 332 g/mol. The third kappa shape index (κ3) is 2.88. The van der Waals surface area contributed by atoms with E-state index in [0.29, 0.717) is 16.6 Å². The molecule has 2 aromatic heterocycles. The van der Waals surface area contributed by atoms with Crippen molar-refractivity contribution in [1.82, 2.24) is 15.1 Å². The van der Waals surface area contributed by atoms with Crippen LogP contribution in [0, 0.1) is 5.82 Å². The van der Waals surface area contributed by atoms with Crippen LogP contribution in [0.5, 0.6) is 0 Å². The molecule has 0 amide bonds. The second-order valence-corrected chi connectivity index (χ2v) is 4.84. The Morgan fingerprint density at radius 2 is 2.12 bits per heavy atom. The van der Waals surface area contributed by atoms with Crippen LogP contribution in [0.25, 0.3) is 22.4 Å². The lowest BCUT2D eigenvalue weighted by Gasteiger charge is -2.14. The van der Waals surface area contributed by atoms with E-state index in [9.17, 15) is 14.3 Å². The molecule has 0 aliphatic carbocycles. The van der Waals surface area contributed by atoms with E-state index in [2.05, 4.69) is 25.2 Å². The normalized spacial score (nSPS) is 12.1. The Balaban J connectivity index is 2.07. The largest absolute Gasteiger partial charge is 0.467 e. The molecule has 0 spiro atoms. The summed E-state index contributed by atoms with van der Waals surface area (Å²) in [5.41, 5.74) is 1.16. The van der Waals surface area contributed by atoms with E-state index < -0.39 is 18.6 Å². The number of nitrogens with zero attached hydrogens (tertiary/aromatic N) is 3. The van der Waals surface area contributed by atoms with E-state index in [4.69, 9.17) is 4.52 Å². The van der Waals surface area contributed by atoms with Crippen molar-refractivity contribution < 1.29 is 23.6 Å². The van der Waals surface area contributed by atoms with Gasteiger partial charge in [-0.15, -0.1) is 0 Å². The van der Waals surface area contributed by atoms with Gasteiger partial charge in [0.15, 0.2) is 0 Å². The molecule has 0 unspecified atom stereocenters. The van der Waals surface area contributed by atoms with E-state index in [1.165, 1.54) is 37.7 Å². The second-order valence-electron chi connectivity index (χ2n) is 4.84. The molecule has 8 nitrogen and oxygen atoms in total. The van der Waals surface area contributed by atoms with Crippen LogP contribution in [0.3, 0.4) is 0 Å². The average Bonchev–Trinajstić information content (AvgIpc) is 3.04. The molecule has 2 heterocycles. The van der Waals surface area contributed by atoms with Gasteiger partial charge in [0, 0.05) is 5.56 Å². The number of halogens is 1. The number of carbonyl (C=O) groups is 1. The van der Waals surface area contributed by atoms with Gasteiger partial charge in [-0.1, -0.05) is 5.16 Å². The highest BCUT2D eigenvalue weighted by atomic mass is 19.1. The summed E-state index contributed by atoms with van der Waals surface area (Å²) in [6.45, 7) is -0.491. The van der Waals surface area contributed by atoms with Gasteiger partial charge in [0.2, 0.25) is 0 Å². The molecule has 0 aliphatic heterocycles. The topological polar surface area (TPSA) is 110 Å². The SMILES string of the molecule is COC(=O)[C@@H](CO)Nc1ncnc2onc(-c3ccc(F)cc3)c12. The van der Waals surface area contributed by atoms with Crippen molar-refractivity contribution in [2.75, 3.05) is 19.0 Å². The van der Waals surface area contributed by atoms with Crippen LogP contribution in [0.15, 0.2) is 35.1 Å². The van der Waals surface area contributed by atoms with Gasteiger partial charge in [0.1, 0.15) is 35.1 Å². The molecule has 0 aliphatic rings. The minimum absolute atomic E-state index is 0.188. The Morgan fingerprint density at radius 3 is 2.79 bits per heavy atom. The summed E-state index contributed by atoms with van der Waals surface area (Å²) in [5.74, 6) is -0.791. The van der Waals surface area contributed by atoms with Crippen molar-refractivity contribution in [3.63, 3.8) is 0 Å². The van der Waals surface area contributed by atoms with Crippen LogP contribution < -0.4 is 5.32 Å². The second kappa shape index (κ2) is 6.59. The Kier molecular flexibility index (Phi) is 4.34. The Morgan fingerprint density at radius 1 is 1.38 bits per heavy atom. The van der Waals surface area contributed by atoms with Gasteiger partial charge < -0.3 is 19.7 Å².